The minimum atomic E-state index is -0.273. The Labute approximate surface area is 83.4 Å². The molecule has 0 saturated heterocycles. The summed E-state index contributed by atoms with van der Waals surface area (Å²) in [5, 5.41) is 9.54. The van der Waals surface area contributed by atoms with Gasteiger partial charge in [-0.25, -0.2) is 0 Å². The monoisotopic (exact) mass is 194 g/mol. The lowest BCUT2D eigenvalue weighted by Gasteiger charge is -2.02. The first-order chi connectivity index (χ1) is 6.74. The van der Waals surface area contributed by atoms with Crippen LogP contribution in [-0.2, 0) is 9.53 Å². The van der Waals surface area contributed by atoms with E-state index in [2.05, 4.69) is 0 Å². The number of hydrogen-bond donors (Lipinski definition) is 1. The van der Waals surface area contributed by atoms with Crippen molar-refractivity contribution in [2.75, 3.05) is 6.61 Å². The van der Waals surface area contributed by atoms with E-state index in [-0.39, 0.29) is 18.1 Å². The van der Waals surface area contributed by atoms with Crippen LogP contribution in [0.1, 0.15) is 19.8 Å². The maximum absolute atomic E-state index is 11.0. The minimum absolute atomic E-state index is 0.227. The van der Waals surface area contributed by atoms with Gasteiger partial charge >= 0.3 is 5.97 Å². The van der Waals surface area contributed by atoms with Crippen molar-refractivity contribution in [3.05, 3.63) is 35.6 Å². The van der Waals surface area contributed by atoms with Gasteiger partial charge < -0.3 is 9.84 Å². The molecule has 0 amide bonds. The molecule has 0 atom stereocenters. The highest BCUT2D eigenvalue weighted by Crippen LogP contribution is 2.15. The van der Waals surface area contributed by atoms with E-state index in [1.807, 2.05) is 12.2 Å². The van der Waals surface area contributed by atoms with E-state index in [0.29, 0.717) is 13.0 Å². The van der Waals surface area contributed by atoms with Gasteiger partial charge in [0, 0.05) is 12.0 Å². The average Bonchev–Trinajstić information content (AvgIpc) is 2.67. The molecule has 0 heterocycles. The quantitative estimate of drug-likeness (QED) is 0.551. The van der Waals surface area contributed by atoms with E-state index >= 15 is 0 Å². The zero-order chi connectivity index (χ0) is 10.4. The number of esters is 1. The fourth-order valence-corrected chi connectivity index (χ4v) is 1.16. The van der Waals surface area contributed by atoms with Gasteiger partial charge in [-0.1, -0.05) is 24.3 Å². The van der Waals surface area contributed by atoms with Gasteiger partial charge in [0.25, 0.3) is 0 Å². The Morgan fingerprint density at radius 3 is 2.57 bits per heavy atom. The molecular weight excluding hydrogens is 180 g/mol. The average molecular weight is 194 g/mol. The van der Waals surface area contributed by atoms with Gasteiger partial charge in [0.1, 0.15) is 5.76 Å². The van der Waals surface area contributed by atoms with E-state index in [9.17, 15) is 9.90 Å². The highest BCUT2D eigenvalue weighted by molar-refractivity contribution is 5.69. The summed E-state index contributed by atoms with van der Waals surface area (Å²) < 4.78 is 4.75. The van der Waals surface area contributed by atoms with Gasteiger partial charge in [0.2, 0.25) is 0 Å². The van der Waals surface area contributed by atoms with E-state index in [4.69, 9.17) is 4.74 Å². The van der Waals surface area contributed by atoms with Gasteiger partial charge in [-0.05, 0) is 6.92 Å². The number of ether oxygens (including phenoxy) is 1. The van der Waals surface area contributed by atoms with Crippen molar-refractivity contribution < 1.29 is 14.6 Å². The zero-order valence-electron chi connectivity index (χ0n) is 8.19. The smallest absolute Gasteiger partial charge is 0.306 e. The molecule has 1 aliphatic rings. The van der Waals surface area contributed by atoms with Crippen LogP contribution in [0, 0.1) is 0 Å². The van der Waals surface area contributed by atoms with Crippen LogP contribution in [-0.4, -0.2) is 17.7 Å². The first-order valence-electron chi connectivity index (χ1n) is 4.66. The van der Waals surface area contributed by atoms with Crippen LogP contribution in [0.15, 0.2) is 35.6 Å². The van der Waals surface area contributed by atoms with E-state index < -0.39 is 0 Å². The largest absolute Gasteiger partial charge is 0.512 e. The number of allylic oxidation sites excluding steroid dienone is 6. The van der Waals surface area contributed by atoms with Crippen molar-refractivity contribution >= 4 is 5.97 Å². The molecule has 14 heavy (non-hydrogen) atoms. The van der Waals surface area contributed by atoms with Crippen molar-refractivity contribution in [3.8, 4) is 0 Å². The molecule has 0 bridgehead atoms. The van der Waals surface area contributed by atoms with Gasteiger partial charge in [0.15, 0.2) is 0 Å². The SMILES string of the molecule is CCOC(=O)CCC(O)=C1C=CC=C1. The van der Waals surface area contributed by atoms with Crippen LogP contribution in [0.2, 0.25) is 0 Å². The van der Waals surface area contributed by atoms with Crippen LogP contribution in [0.25, 0.3) is 0 Å². The predicted octanol–water partition coefficient (Wildman–Crippen LogP) is 2.27. The molecule has 76 valence electrons. The lowest BCUT2D eigenvalue weighted by atomic mass is 10.1. The summed E-state index contributed by atoms with van der Waals surface area (Å²) in [5.41, 5.74) is 0.772. The van der Waals surface area contributed by atoms with Crippen molar-refractivity contribution in [1.82, 2.24) is 0 Å². The Balaban J connectivity index is 2.38. The van der Waals surface area contributed by atoms with Crippen LogP contribution in [0.4, 0.5) is 0 Å². The molecule has 0 aromatic rings. The van der Waals surface area contributed by atoms with Crippen molar-refractivity contribution in [2.45, 2.75) is 19.8 Å². The van der Waals surface area contributed by atoms with Crippen molar-refractivity contribution in [2.24, 2.45) is 0 Å². The molecule has 0 spiro atoms. The van der Waals surface area contributed by atoms with Crippen LogP contribution >= 0.6 is 0 Å². The standard InChI is InChI=1S/C11H14O3/c1-2-14-11(13)8-7-10(12)9-5-3-4-6-9/h3-6,12H,2,7-8H2,1H3. The lowest BCUT2D eigenvalue weighted by Crippen LogP contribution is -2.04. The summed E-state index contributed by atoms with van der Waals surface area (Å²) in [5.74, 6) is -0.0336. The summed E-state index contributed by atoms with van der Waals surface area (Å²) >= 11 is 0. The summed E-state index contributed by atoms with van der Waals surface area (Å²) in [6.07, 6.45) is 7.86. The number of aliphatic hydroxyl groups excluding tert-OH is 1. The summed E-state index contributed by atoms with van der Waals surface area (Å²) in [4.78, 5) is 11.0. The Morgan fingerprint density at radius 1 is 1.36 bits per heavy atom. The molecular formula is C11H14O3. The number of rotatable bonds is 4. The third-order valence-corrected chi connectivity index (χ3v) is 1.87. The molecule has 1 rings (SSSR count). The number of hydrogen-bond acceptors (Lipinski definition) is 3. The van der Waals surface area contributed by atoms with Gasteiger partial charge in [-0.15, -0.1) is 0 Å². The third kappa shape index (κ3) is 3.09. The van der Waals surface area contributed by atoms with Gasteiger partial charge in [0.05, 0.1) is 13.0 Å². The first-order valence-corrected chi connectivity index (χ1v) is 4.66. The second-order valence-electron chi connectivity index (χ2n) is 2.93. The second-order valence-corrected chi connectivity index (χ2v) is 2.93. The number of carbonyl (C=O) groups excluding carboxylic acids is 1. The molecule has 0 unspecified atom stereocenters. The van der Waals surface area contributed by atoms with Gasteiger partial charge in [-0.2, -0.15) is 0 Å². The maximum Gasteiger partial charge on any atom is 0.306 e. The van der Waals surface area contributed by atoms with Crippen molar-refractivity contribution in [3.63, 3.8) is 0 Å². The Hall–Kier alpha value is -1.51. The van der Waals surface area contributed by atoms with E-state index in [1.165, 1.54) is 0 Å². The number of aliphatic hydroxyl groups is 1. The second kappa shape index (κ2) is 5.27. The molecule has 0 aliphatic heterocycles. The topological polar surface area (TPSA) is 46.5 Å². The fraction of sp³-hybridized carbons (Fsp3) is 0.364. The fourth-order valence-electron chi connectivity index (χ4n) is 1.16. The molecule has 0 aromatic heterocycles. The lowest BCUT2D eigenvalue weighted by molar-refractivity contribution is -0.143. The first kappa shape index (κ1) is 10.6. The minimum Gasteiger partial charge on any atom is -0.512 e. The molecule has 0 aromatic carbocycles. The molecule has 3 nitrogen and oxygen atoms in total. The molecule has 1 N–H and O–H groups in total. The predicted molar refractivity (Wildman–Crippen MR) is 53.8 cm³/mol. The molecule has 1 aliphatic carbocycles. The maximum atomic E-state index is 11.0. The molecule has 0 saturated carbocycles. The van der Waals surface area contributed by atoms with Crippen LogP contribution in [0.5, 0.6) is 0 Å². The van der Waals surface area contributed by atoms with Crippen LogP contribution < -0.4 is 0 Å². The Bertz CT molecular complexity index is 284. The van der Waals surface area contributed by atoms with Crippen molar-refractivity contribution in [1.29, 1.82) is 0 Å². The zero-order valence-corrected chi connectivity index (χ0v) is 8.19. The molecule has 0 radical (unpaired) electrons. The molecule has 3 heteroatoms. The Kier molecular flexibility index (Phi) is 3.98. The summed E-state index contributed by atoms with van der Waals surface area (Å²) in [6.45, 7) is 2.15. The van der Waals surface area contributed by atoms with Gasteiger partial charge in [-0.3, -0.25) is 4.79 Å². The van der Waals surface area contributed by atoms with E-state index in [0.717, 1.165) is 5.57 Å². The Morgan fingerprint density at radius 2 is 2.00 bits per heavy atom. The van der Waals surface area contributed by atoms with Crippen LogP contribution in [0.3, 0.4) is 0 Å². The normalized spacial score (nSPS) is 13.4. The molecule has 0 fully saturated rings. The highest BCUT2D eigenvalue weighted by atomic mass is 16.5. The summed E-state index contributed by atoms with van der Waals surface area (Å²) in [7, 11) is 0. The number of carbonyl (C=O) groups is 1. The highest BCUT2D eigenvalue weighted by Gasteiger charge is 2.06. The summed E-state index contributed by atoms with van der Waals surface area (Å²) in [6, 6.07) is 0. The van der Waals surface area contributed by atoms with E-state index in [1.54, 1.807) is 19.1 Å². The third-order valence-electron chi connectivity index (χ3n) is 1.87.